The largest absolute Gasteiger partial charge is 0.328 e. The van der Waals surface area contributed by atoms with Crippen molar-refractivity contribution in [3.63, 3.8) is 0 Å². The molecule has 0 saturated carbocycles. The predicted octanol–water partition coefficient (Wildman–Crippen LogP) is 0.352. The van der Waals surface area contributed by atoms with Crippen LogP contribution in [0.15, 0.2) is 0 Å². The maximum absolute atomic E-state index is 11.8. The van der Waals surface area contributed by atoms with Crippen molar-refractivity contribution in [3.8, 4) is 0 Å². The quantitative estimate of drug-likeness (QED) is 0.640. The van der Waals surface area contributed by atoms with Gasteiger partial charge < -0.3 is 15.1 Å². The molecule has 1 N–H and O–H groups in total. The standard InChI is InChI=1S/C9H19N3O/c1-4-11(3)9(13)12-6-5-10-7-8(12)2/h8,10H,4-7H2,1-3H3/t8-/m1/s1. The second-order valence-corrected chi connectivity index (χ2v) is 3.54. The molecule has 13 heavy (non-hydrogen) atoms. The summed E-state index contributed by atoms with van der Waals surface area (Å²) in [6.07, 6.45) is 0. The van der Waals surface area contributed by atoms with Gasteiger partial charge in [-0.2, -0.15) is 0 Å². The minimum atomic E-state index is 0.150. The van der Waals surface area contributed by atoms with Gasteiger partial charge in [-0.25, -0.2) is 4.79 Å². The van der Waals surface area contributed by atoms with Gasteiger partial charge in [-0.05, 0) is 13.8 Å². The lowest BCUT2D eigenvalue weighted by Gasteiger charge is -2.36. The van der Waals surface area contributed by atoms with Crippen molar-refractivity contribution in [1.29, 1.82) is 0 Å². The van der Waals surface area contributed by atoms with Gasteiger partial charge in [0.15, 0.2) is 0 Å². The van der Waals surface area contributed by atoms with Crippen LogP contribution < -0.4 is 5.32 Å². The molecule has 0 aromatic carbocycles. The molecule has 0 aliphatic carbocycles. The Bertz CT molecular complexity index is 184. The monoisotopic (exact) mass is 185 g/mol. The highest BCUT2D eigenvalue weighted by molar-refractivity contribution is 5.74. The summed E-state index contributed by atoms with van der Waals surface area (Å²) in [6.45, 7) is 7.48. The topological polar surface area (TPSA) is 35.6 Å². The summed E-state index contributed by atoms with van der Waals surface area (Å²) >= 11 is 0. The van der Waals surface area contributed by atoms with E-state index in [4.69, 9.17) is 0 Å². The van der Waals surface area contributed by atoms with E-state index in [1.165, 1.54) is 0 Å². The lowest BCUT2D eigenvalue weighted by Crippen LogP contribution is -2.55. The van der Waals surface area contributed by atoms with Crippen LogP contribution in [0.2, 0.25) is 0 Å². The lowest BCUT2D eigenvalue weighted by molar-refractivity contribution is 0.135. The van der Waals surface area contributed by atoms with Crippen molar-refractivity contribution in [2.75, 3.05) is 33.2 Å². The molecule has 4 nitrogen and oxygen atoms in total. The van der Waals surface area contributed by atoms with E-state index in [0.29, 0.717) is 6.04 Å². The SMILES string of the molecule is CCN(C)C(=O)N1CCNC[C@H]1C. The highest BCUT2D eigenvalue weighted by Gasteiger charge is 2.24. The number of hydrogen-bond acceptors (Lipinski definition) is 2. The van der Waals surface area contributed by atoms with Gasteiger partial charge in [0.25, 0.3) is 0 Å². The molecule has 1 aliphatic rings. The maximum Gasteiger partial charge on any atom is 0.320 e. The van der Waals surface area contributed by atoms with E-state index in [0.717, 1.165) is 26.2 Å². The molecule has 1 rings (SSSR count). The molecule has 1 saturated heterocycles. The van der Waals surface area contributed by atoms with Crippen LogP contribution in [-0.4, -0.2) is 55.1 Å². The van der Waals surface area contributed by atoms with Crippen LogP contribution >= 0.6 is 0 Å². The Balaban J connectivity index is 2.53. The summed E-state index contributed by atoms with van der Waals surface area (Å²) in [5.41, 5.74) is 0. The fourth-order valence-electron chi connectivity index (χ4n) is 1.48. The van der Waals surface area contributed by atoms with Gasteiger partial charge in [0.05, 0.1) is 0 Å². The Morgan fingerprint density at radius 3 is 2.92 bits per heavy atom. The van der Waals surface area contributed by atoms with E-state index in [-0.39, 0.29) is 6.03 Å². The number of rotatable bonds is 1. The van der Waals surface area contributed by atoms with E-state index in [2.05, 4.69) is 12.2 Å². The van der Waals surface area contributed by atoms with Gasteiger partial charge in [-0.3, -0.25) is 0 Å². The van der Waals surface area contributed by atoms with Crippen molar-refractivity contribution in [2.24, 2.45) is 0 Å². The summed E-state index contributed by atoms with van der Waals surface area (Å²) < 4.78 is 0. The van der Waals surface area contributed by atoms with E-state index in [9.17, 15) is 4.79 Å². The smallest absolute Gasteiger partial charge is 0.320 e. The van der Waals surface area contributed by atoms with E-state index < -0.39 is 0 Å². The summed E-state index contributed by atoms with van der Waals surface area (Å²) in [7, 11) is 1.84. The molecule has 0 aromatic rings. The highest BCUT2D eigenvalue weighted by atomic mass is 16.2. The third-order valence-electron chi connectivity index (χ3n) is 2.55. The van der Waals surface area contributed by atoms with Crippen LogP contribution in [0, 0.1) is 0 Å². The molecular formula is C9H19N3O. The zero-order valence-corrected chi connectivity index (χ0v) is 8.71. The van der Waals surface area contributed by atoms with Crippen LogP contribution in [0.5, 0.6) is 0 Å². The van der Waals surface area contributed by atoms with Crippen molar-refractivity contribution >= 4 is 6.03 Å². The molecule has 0 unspecified atom stereocenters. The molecular weight excluding hydrogens is 166 g/mol. The Morgan fingerprint density at radius 2 is 2.38 bits per heavy atom. The molecule has 1 heterocycles. The fraction of sp³-hybridized carbons (Fsp3) is 0.889. The highest BCUT2D eigenvalue weighted by Crippen LogP contribution is 2.05. The van der Waals surface area contributed by atoms with E-state index in [1.807, 2.05) is 18.9 Å². The van der Waals surface area contributed by atoms with Crippen molar-refractivity contribution < 1.29 is 4.79 Å². The molecule has 4 heteroatoms. The second kappa shape index (κ2) is 4.46. The average molecular weight is 185 g/mol. The first-order valence-corrected chi connectivity index (χ1v) is 4.89. The third-order valence-corrected chi connectivity index (χ3v) is 2.55. The van der Waals surface area contributed by atoms with Crippen molar-refractivity contribution in [1.82, 2.24) is 15.1 Å². The first kappa shape index (κ1) is 10.3. The normalized spacial score (nSPS) is 23.0. The molecule has 1 fully saturated rings. The first-order chi connectivity index (χ1) is 6.16. The molecule has 2 amide bonds. The number of nitrogens with zero attached hydrogens (tertiary/aromatic N) is 2. The van der Waals surface area contributed by atoms with Crippen LogP contribution in [0.25, 0.3) is 0 Å². The minimum absolute atomic E-state index is 0.150. The van der Waals surface area contributed by atoms with Gasteiger partial charge in [-0.15, -0.1) is 0 Å². The van der Waals surface area contributed by atoms with Crippen LogP contribution in [-0.2, 0) is 0 Å². The summed E-state index contributed by atoms with van der Waals surface area (Å²) in [5.74, 6) is 0. The summed E-state index contributed by atoms with van der Waals surface area (Å²) in [5, 5.41) is 3.26. The first-order valence-electron chi connectivity index (χ1n) is 4.89. The second-order valence-electron chi connectivity index (χ2n) is 3.54. The van der Waals surface area contributed by atoms with E-state index in [1.54, 1.807) is 4.90 Å². The van der Waals surface area contributed by atoms with Gasteiger partial charge in [0, 0.05) is 39.3 Å². The molecule has 0 bridgehead atoms. The molecule has 0 aromatic heterocycles. The summed E-state index contributed by atoms with van der Waals surface area (Å²) in [4.78, 5) is 15.4. The van der Waals surface area contributed by atoms with Gasteiger partial charge in [-0.1, -0.05) is 0 Å². The molecule has 0 spiro atoms. The van der Waals surface area contributed by atoms with Crippen LogP contribution in [0.1, 0.15) is 13.8 Å². The Morgan fingerprint density at radius 1 is 1.69 bits per heavy atom. The minimum Gasteiger partial charge on any atom is -0.328 e. The zero-order chi connectivity index (χ0) is 9.84. The van der Waals surface area contributed by atoms with Gasteiger partial charge in [0.1, 0.15) is 0 Å². The van der Waals surface area contributed by atoms with Gasteiger partial charge in [0.2, 0.25) is 0 Å². The molecule has 76 valence electrons. The average Bonchev–Trinajstić information content (AvgIpc) is 2.16. The Hall–Kier alpha value is -0.770. The number of nitrogens with one attached hydrogen (secondary N) is 1. The van der Waals surface area contributed by atoms with Crippen LogP contribution in [0.3, 0.4) is 0 Å². The van der Waals surface area contributed by atoms with Crippen LogP contribution in [0.4, 0.5) is 4.79 Å². The molecule has 1 aliphatic heterocycles. The summed E-state index contributed by atoms with van der Waals surface area (Å²) in [6, 6.07) is 0.465. The fourth-order valence-corrected chi connectivity index (χ4v) is 1.48. The number of urea groups is 1. The Labute approximate surface area is 79.9 Å². The number of carbonyl (C=O) groups excluding carboxylic acids is 1. The maximum atomic E-state index is 11.8. The lowest BCUT2D eigenvalue weighted by atomic mass is 10.2. The van der Waals surface area contributed by atoms with Crippen molar-refractivity contribution in [2.45, 2.75) is 19.9 Å². The molecule has 1 atom stereocenters. The number of piperazine rings is 1. The Kier molecular flexibility index (Phi) is 3.54. The third kappa shape index (κ3) is 2.34. The number of amides is 2. The number of carbonyl (C=O) groups is 1. The number of hydrogen-bond donors (Lipinski definition) is 1. The van der Waals surface area contributed by atoms with Crippen molar-refractivity contribution in [3.05, 3.63) is 0 Å². The zero-order valence-electron chi connectivity index (χ0n) is 8.71. The van der Waals surface area contributed by atoms with Gasteiger partial charge >= 0.3 is 6.03 Å². The van der Waals surface area contributed by atoms with E-state index >= 15 is 0 Å². The predicted molar refractivity (Wildman–Crippen MR) is 52.7 cm³/mol. The molecule has 0 radical (unpaired) electrons.